The molecule has 60 valence electrons. The summed E-state index contributed by atoms with van der Waals surface area (Å²) in [5.74, 6) is 0.595. The summed E-state index contributed by atoms with van der Waals surface area (Å²) in [6.45, 7) is 6.46. The third kappa shape index (κ3) is 1.93. The van der Waals surface area contributed by atoms with Crippen molar-refractivity contribution in [2.45, 2.75) is 26.2 Å². The van der Waals surface area contributed by atoms with Crippen molar-refractivity contribution in [3.8, 4) is 0 Å². The quantitative estimate of drug-likeness (QED) is 0.614. The number of aromatic nitrogens is 1. The largest absolute Gasteiger partial charge is 0.384 e. The van der Waals surface area contributed by atoms with E-state index in [2.05, 4.69) is 25.8 Å². The molecule has 0 radical (unpaired) electrons. The van der Waals surface area contributed by atoms with Crippen molar-refractivity contribution in [2.24, 2.45) is 0 Å². The van der Waals surface area contributed by atoms with Gasteiger partial charge < -0.3 is 5.73 Å². The average molecular weight is 150 g/mol. The lowest BCUT2D eigenvalue weighted by Crippen LogP contribution is -2.11. The molecule has 1 aromatic rings. The van der Waals surface area contributed by atoms with Gasteiger partial charge in [0, 0.05) is 6.20 Å². The summed E-state index contributed by atoms with van der Waals surface area (Å²) in [5.41, 5.74) is 6.93. The third-order valence-electron chi connectivity index (χ3n) is 1.65. The molecule has 0 fully saturated rings. The van der Waals surface area contributed by atoms with Gasteiger partial charge in [0.1, 0.15) is 5.82 Å². The summed E-state index contributed by atoms with van der Waals surface area (Å²) >= 11 is 0. The van der Waals surface area contributed by atoms with Crippen LogP contribution in [-0.2, 0) is 5.41 Å². The first kappa shape index (κ1) is 8.05. The highest BCUT2D eigenvalue weighted by Gasteiger charge is 2.12. The van der Waals surface area contributed by atoms with Gasteiger partial charge in [-0.05, 0) is 23.1 Å². The zero-order valence-electron chi connectivity index (χ0n) is 7.26. The number of rotatable bonds is 0. The van der Waals surface area contributed by atoms with Crippen LogP contribution in [0.1, 0.15) is 26.3 Å². The average Bonchev–Trinajstić information content (AvgIpc) is 1.86. The van der Waals surface area contributed by atoms with Gasteiger partial charge in [0.15, 0.2) is 0 Å². The van der Waals surface area contributed by atoms with Crippen LogP contribution in [0, 0.1) is 0 Å². The van der Waals surface area contributed by atoms with Crippen molar-refractivity contribution in [2.75, 3.05) is 5.73 Å². The first-order chi connectivity index (χ1) is 5.00. The third-order valence-corrected chi connectivity index (χ3v) is 1.65. The number of nitrogen functional groups attached to an aromatic ring is 1. The molecule has 11 heavy (non-hydrogen) atoms. The molecule has 0 bridgehead atoms. The molecule has 1 rings (SSSR count). The first-order valence-electron chi connectivity index (χ1n) is 3.72. The van der Waals surface area contributed by atoms with E-state index < -0.39 is 0 Å². The van der Waals surface area contributed by atoms with Gasteiger partial charge in [-0.15, -0.1) is 0 Å². The van der Waals surface area contributed by atoms with Crippen molar-refractivity contribution in [3.63, 3.8) is 0 Å². The van der Waals surface area contributed by atoms with Gasteiger partial charge in [0.05, 0.1) is 0 Å². The second kappa shape index (κ2) is 2.53. The van der Waals surface area contributed by atoms with Crippen molar-refractivity contribution < 1.29 is 0 Å². The molecule has 2 heteroatoms. The molecule has 0 saturated heterocycles. The second-order valence-corrected chi connectivity index (χ2v) is 3.72. The molecule has 0 atom stereocenters. The molecule has 0 amide bonds. The molecule has 0 aliphatic heterocycles. The van der Waals surface area contributed by atoms with E-state index in [9.17, 15) is 0 Å². The Balaban J connectivity index is 3.06. The lowest BCUT2D eigenvalue weighted by atomic mass is 9.88. The molecule has 2 N–H and O–H groups in total. The number of nitrogens with two attached hydrogens (primary N) is 1. The summed E-state index contributed by atoms with van der Waals surface area (Å²) in [6, 6.07) is 3.91. The molecule has 0 aliphatic carbocycles. The van der Waals surface area contributed by atoms with E-state index in [0.29, 0.717) is 5.82 Å². The molecule has 0 unspecified atom stereocenters. The van der Waals surface area contributed by atoms with Crippen LogP contribution < -0.4 is 5.73 Å². The van der Waals surface area contributed by atoms with Crippen LogP contribution in [-0.4, -0.2) is 4.98 Å². The minimum absolute atomic E-state index is 0.164. The first-order valence-corrected chi connectivity index (χ1v) is 3.72. The molecule has 0 spiro atoms. The summed E-state index contributed by atoms with van der Waals surface area (Å²) in [5, 5.41) is 0. The Labute approximate surface area is 67.5 Å². The number of anilines is 1. The Morgan fingerprint density at radius 2 is 2.00 bits per heavy atom. The molecule has 1 aromatic heterocycles. The van der Waals surface area contributed by atoms with Gasteiger partial charge in [-0.1, -0.05) is 20.8 Å². The fourth-order valence-electron chi connectivity index (χ4n) is 0.915. The highest BCUT2D eigenvalue weighted by Crippen LogP contribution is 2.22. The van der Waals surface area contributed by atoms with Crippen LogP contribution in [0.25, 0.3) is 0 Å². The topological polar surface area (TPSA) is 38.9 Å². The number of nitrogens with zero attached hydrogens (tertiary/aromatic N) is 1. The van der Waals surface area contributed by atoms with E-state index in [4.69, 9.17) is 5.73 Å². The van der Waals surface area contributed by atoms with Crippen molar-refractivity contribution in [1.29, 1.82) is 0 Å². The smallest absolute Gasteiger partial charge is 0.123 e. The lowest BCUT2D eigenvalue weighted by molar-refractivity contribution is 0.589. The maximum absolute atomic E-state index is 5.54. The van der Waals surface area contributed by atoms with Crippen molar-refractivity contribution in [1.82, 2.24) is 4.98 Å². The minimum Gasteiger partial charge on any atom is -0.384 e. The number of pyridine rings is 1. The van der Waals surface area contributed by atoms with E-state index in [1.807, 2.05) is 12.1 Å². The van der Waals surface area contributed by atoms with Crippen LogP contribution in [0.4, 0.5) is 5.82 Å². The monoisotopic (exact) mass is 150 g/mol. The standard InChI is InChI=1S/C9H14N2/c1-9(2,3)7-4-5-11-8(10)6-7/h4-6H,1-3H3,(H2,10,11). The van der Waals surface area contributed by atoms with E-state index in [1.165, 1.54) is 5.56 Å². The molecular weight excluding hydrogens is 136 g/mol. The van der Waals surface area contributed by atoms with Gasteiger partial charge >= 0.3 is 0 Å². The minimum atomic E-state index is 0.164. The van der Waals surface area contributed by atoms with Crippen LogP contribution in [0.15, 0.2) is 18.3 Å². The van der Waals surface area contributed by atoms with E-state index in [0.717, 1.165) is 0 Å². The Bertz CT molecular complexity index is 248. The number of hydrogen-bond donors (Lipinski definition) is 1. The summed E-state index contributed by atoms with van der Waals surface area (Å²) in [4.78, 5) is 3.93. The van der Waals surface area contributed by atoms with E-state index in [1.54, 1.807) is 6.20 Å². The SMILES string of the molecule is CC(C)(C)c1ccnc(N)c1. The molecule has 0 saturated carbocycles. The van der Waals surface area contributed by atoms with Gasteiger partial charge in [-0.3, -0.25) is 0 Å². The Morgan fingerprint density at radius 1 is 1.36 bits per heavy atom. The molecule has 0 aromatic carbocycles. The normalized spacial score (nSPS) is 11.5. The van der Waals surface area contributed by atoms with E-state index >= 15 is 0 Å². The predicted octanol–water partition coefficient (Wildman–Crippen LogP) is 1.96. The second-order valence-electron chi connectivity index (χ2n) is 3.72. The number of hydrogen-bond acceptors (Lipinski definition) is 2. The Kier molecular flexibility index (Phi) is 1.85. The van der Waals surface area contributed by atoms with Gasteiger partial charge in [0.25, 0.3) is 0 Å². The summed E-state index contributed by atoms with van der Waals surface area (Å²) in [6.07, 6.45) is 1.75. The van der Waals surface area contributed by atoms with Gasteiger partial charge in [-0.25, -0.2) is 4.98 Å². The van der Waals surface area contributed by atoms with Crippen LogP contribution in [0.2, 0.25) is 0 Å². The Hall–Kier alpha value is -1.05. The maximum Gasteiger partial charge on any atom is 0.123 e. The van der Waals surface area contributed by atoms with Crippen molar-refractivity contribution in [3.05, 3.63) is 23.9 Å². The molecule has 2 nitrogen and oxygen atoms in total. The molecular formula is C9H14N2. The van der Waals surface area contributed by atoms with Crippen LogP contribution in [0.5, 0.6) is 0 Å². The van der Waals surface area contributed by atoms with Crippen LogP contribution in [0.3, 0.4) is 0 Å². The summed E-state index contributed by atoms with van der Waals surface area (Å²) < 4.78 is 0. The highest BCUT2D eigenvalue weighted by molar-refractivity contribution is 5.35. The van der Waals surface area contributed by atoms with Gasteiger partial charge in [0.2, 0.25) is 0 Å². The zero-order valence-corrected chi connectivity index (χ0v) is 7.26. The summed E-state index contributed by atoms with van der Waals surface area (Å²) in [7, 11) is 0. The zero-order chi connectivity index (χ0) is 8.48. The van der Waals surface area contributed by atoms with Crippen molar-refractivity contribution >= 4 is 5.82 Å². The van der Waals surface area contributed by atoms with E-state index in [-0.39, 0.29) is 5.41 Å². The highest BCUT2D eigenvalue weighted by atomic mass is 14.8. The Morgan fingerprint density at radius 3 is 2.36 bits per heavy atom. The lowest BCUT2D eigenvalue weighted by Gasteiger charge is -2.18. The predicted molar refractivity (Wildman–Crippen MR) is 47.3 cm³/mol. The molecule has 1 heterocycles. The fraction of sp³-hybridized carbons (Fsp3) is 0.444. The fourth-order valence-corrected chi connectivity index (χ4v) is 0.915. The molecule has 0 aliphatic rings. The maximum atomic E-state index is 5.54. The van der Waals surface area contributed by atoms with Crippen LogP contribution >= 0.6 is 0 Å². The van der Waals surface area contributed by atoms with Gasteiger partial charge in [-0.2, -0.15) is 0 Å².